The number of thiocarbonyl (C=S) groups is 1. The average molecular weight is 387 g/mol. The fourth-order valence-electron chi connectivity index (χ4n) is 4.16. The molecule has 0 radical (unpaired) electrons. The van der Waals surface area contributed by atoms with Crippen LogP contribution in [0, 0.1) is 0 Å². The molecule has 5 heteroatoms. The Labute approximate surface area is 165 Å². The summed E-state index contributed by atoms with van der Waals surface area (Å²) in [6.07, 6.45) is 10.1. The fraction of sp³-hybridized carbons (Fsp3) is 0.476. The molecule has 2 aliphatic carbocycles. The number of thiophene rings is 1. The molecule has 3 nitrogen and oxygen atoms in total. The molecule has 4 rings (SSSR count). The second-order valence-electron chi connectivity index (χ2n) is 7.39. The third-order valence-corrected chi connectivity index (χ3v) is 6.80. The van der Waals surface area contributed by atoms with Crippen molar-refractivity contribution in [2.24, 2.45) is 0 Å². The van der Waals surface area contributed by atoms with Crippen molar-refractivity contribution in [1.29, 1.82) is 0 Å². The van der Waals surface area contributed by atoms with Gasteiger partial charge in [0.05, 0.1) is 11.6 Å². The fourth-order valence-corrected chi connectivity index (χ4v) is 5.41. The maximum Gasteiger partial charge on any atom is 0.171 e. The normalized spacial score (nSPS) is 19.4. The summed E-state index contributed by atoms with van der Waals surface area (Å²) in [5, 5.41) is 9.81. The SMILES string of the molecule is S=C(Nc1ccc(OC2CCCC2)cc1)NC1(c2cccs2)CCCC1. The molecular weight excluding hydrogens is 360 g/mol. The van der Waals surface area contributed by atoms with Gasteiger partial charge in [-0.05, 0) is 86.5 Å². The van der Waals surface area contributed by atoms with Crippen molar-refractivity contribution in [1.82, 2.24) is 5.32 Å². The Morgan fingerprint density at radius 3 is 2.42 bits per heavy atom. The van der Waals surface area contributed by atoms with Crippen LogP contribution in [0.3, 0.4) is 0 Å². The summed E-state index contributed by atoms with van der Waals surface area (Å²) in [5.74, 6) is 0.951. The minimum atomic E-state index is 0.00375. The molecule has 0 amide bonds. The quantitative estimate of drug-likeness (QED) is 0.634. The summed E-state index contributed by atoms with van der Waals surface area (Å²) in [6, 6.07) is 12.5. The van der Waals surface area contributed by atoms with Gasteiger partial charge in [-0.1, -0.05) is 18.9 Å². The van der Waals surface area contributed by atoms with E-state index in [9.17, 15) is 0 Å². The van der Waals surface area contributed by atoms with Crippen LogP contribution < -0.4 is 15.4 Å². The highest BCUT2D eigenvalue weighted by Crippen LogP contribution is 2.40. The number of benzene rings is 1. The number of hydrogen-bond donors (Lipinski definition) is 2. The first-order valence-electron chi connectivity index (χ1n) is 9.63. The minimum Gasteiger partial charge on any atom is -0.490 e. The zero-order chi connectivity index (χ0) is 17.8. The standard InChI is InChI=1S/C21H26N2OS2/c25-20(23-21(13-3-4-14-21)19-8-5-15-26-19)22-16-9-11-18(12-10-16)24-17-6-1-2-7-17/h5,8-12,15,17H,1-4,6-7,13-14H2,(H2,22,23,25). The van der Waals surface area contributed by atoms with Gasteiger partial charge in [0, 0.05) is 10.6 Å². The molecule has 2 aromatic rings. The molecule has 1 aromatic heterocycles. The average Bonchev–Trinajstić information content (AvgIpc) is 3.39. The first-order chi connectivity index (χ1) is 12.7. The van der Waals surface area contributed by atoms with E-state index < -0.39 is 0 Å². The lowest BCUT2D eigenvalue weighted by atomic mass is 9.96. The highest BCUT2D eigenvalue weighted by molar-refractivity contribution is 7.80. The maximum absolute atomic E-state index is 6.03. The lowest BCUT2D eigenvalue weighted by Gasteiger charge is -2.31. The van der Waals surface area contributed by atoms with E-state index in [2.05, 4.69) is 28.1 Å². The van der Waals surface area contributed by atoms with Crippen LogP contribution in [0.5, 0.6) is 5.75 Å². The Kier molecular flexibility index (Phi) is 5.46. The third kappa shape index (κ3) is 4.04. The Balaban J connectivity index is 1.36. The maximum atomic E-state index is 6.03. The van der Waals surface area contributed by atoms with Crippen LogP contribution in [0.1, 0.15) is 56.2 Å². The molecule has 0 spiro atoms. The molecule has 1 heterocycles. The first kappa shape index (κ1) is 17.8. The van der Waals surface area contributed by atoms with E-state index in [1.807, 2.05) is 35.6 Å². The van der Waals surface area contributed by atoms with Gasteiger partial charge in [-0.2, -0.15) is 0 Å². The summed E-state index contributed by atoms with van der Waals surface area (Å²) >= 11 is 7.44. The van der Waals surface area contributed by atoms with Crippen molar-refractivity contribution in [3.8, 4) is 5.75 Å². The van der Waals surface area contributed by atoms with E-state index in [0.717, 1.165) is 24.3 Å². The van der Waals surface area contributed by atoms with E-state index in [-0.39, 0.29) is 5.54 Å². The van der Waals surface area contributed by atoms with E-state index in [1.165, 1.54) is 43.4 Å². The van der Waals surface area contributed by atoms with Gasteiger partial charge in [0.2, 0.25) is 0 Å². The van der Waals surface area contributed by atoms with Gasteiger partial charge in [-0.3, -0.25) is 0 Å². The van der Waals surface area contributed by atoms with Crippen molar-refractivity contribution in [3.05, 3.63) is 46.7 Å². The lowest BCUT2D eigenvalue weighted by Crippen LogP contribution is -2.45. The Morgan fingerprint density at radius 1 is 1.04 bits per heavy atom. The summed E-state index contributed by atoms with van der Waals surface area (Å²) in [6.45, 7) is 0. The van der Waals surface area contributed by atoms with Gasteiger partial charge < -0.3 is 15.4 Å². The molecule has 0 saturated heterocycles. The van der Waals surface area contributed by atoms with Crippen molar-refractivity contribution < 1.29 is 4.74 Å². The van der Waals surface area contributed by atoms with Gasteiger partial charge >= 0.3 is 0 Å². The largest absolute Gasteiger partial charge is 0.490 e. The van der Waals surface area contributed by atoms with E-state index in [4.69, 9.17) is 17.0 Å². The zero-order valence-corrected chi connectivity index (χ0v) is 16.6. The van der Waals surface area contributed by atoms with Crippen LogP contribution >= 0.6 is 23.6 Å². The van der Waals surface area contributed by atoms with E-state index in [0.29, 0.717) is 11.2 Å². The van der Waals surface area contributed by atoms with Crippen LogP contribution in [0.25, 0.3) is 0 Å². The van der Waals surface area contributed by atoms with Crippen molar-refractivity contribution in [3.63, 3.8) is 0 Å². The van der Waals surface area contributed by atoms with Gasteiger partial charge in [-0.15, -0.1) is 11.3 Å². The molecular formula is C21H26N2OS2. The summed E-state index contributed by atoms with van der Waals surface area (Å²) in [4.78, 5) is 1.39. The van der Waals surface area contributed by atoms with E-state index >= 15 is 0 Å². The van der Waals surface area contributed by atoms with Crippen molar-refractivity contribution >= 4 is 34.4 Å². The van der Waals surface area contributed by atoms with Gasteiger partial charge in [0.25, 0.3) is 0 Å². The second-order valence-corrected chi connectivity index (χ2v) is 8.75. The number of hydrogen-bond acceptors (Lipinski definition) is 3. The Morgan fingerprint density at radius 2 is 1.77 bits per heavy atom. The molecule has 138 valence electrons. The lowest BCUT2D eigenvalue weighted by molar-refractivity contribution is 0.210. The van der Waals surface area contributed by atoms with Gasteiger partial charge in [0.15, 0.2) is 5.11 Å². The topological polar surface area (TPSA) is 33.3 Å². The van der Waals surface area contributed by atoms with E-state index in [1.54, 1.807) is 0 Å². The Hall–Kier alpha value is -1.59. The molecule has 2 N–H and O–H groups in total. The summed E-state index contributed by atoms with van der Waals surface area (Å²) in [5.41, 5.74) is 1.00. The highest BCUT2D eigenvalue weighted by atomic mass is 32.1. The van der Waals surface area contributed by atoms with Crippen LogP contribution in [0.4, 0.5) is 5.69 Å². The predicted molar refractivity (Wildman–Crippen MR) is 113 cm³/mol. The molecule has 0 aliphatic heterocycles. The van der Waals surface area contributed by atoms with Crippen LogP contribution in [0.15, 0.2) is 41.8 Å². The molecule has 0 unspecified atom stereocenters. The van der Waals surface area contributed by atoms with Gasteiger partial charge in [-0.25, -0.2) is 0 Å². The molecule has 2 fully saturated rings. The predicted octanol–water partition coefficient (Wildman–Crippen LogP) is 5.83. The number of ether oxygens (including phenoxy) is 1. The minimum absolute atomic E-state index is 0.00375. The van der Waals surface area contributed by atoms with Gasteiger partial charge in [0.1, 0.15) is 5.75 Å². The summed E-state index contributed by atoms with van der Waals surface area (Å²) < 4.78 is 6.03. The van der Waals surface area contributed by atoms with Crippen LogP contribution in [0.2, 0.25) is 0 Å². The summed E-state index contributed by atoms with van der Waals surface area (Å²) in [7, 11) is 0. The second kappa shape index (κ2) is 7.97. The molecule has 1 aromatic carbocycles. The molecule has 2 saturated carbocycles. The third-order valence-electron chi connectivity index (χ3n) is 5.52. The molecule has 0 bridgehead atoms. The van der Waals surface area contributed by atoms with Crippen molar-refractivity contribution in [2.45, 2.75) is 63.0 Å². The van der Waals surface area contributed by atoms with Crippen LogP contribution in [-0.2, 0) is 5.54 Å². The monoisotopic (exact) mass is 386 g/mol. The van der Waals surface area contributed by atoms with Crippen molar-refractivity contribution in [2.75, 3.05) is 5.32 Å². The van der Waals surface area contributed by atoms with Crippen LogP contribution in [-0.4, -0.2) is 11.2 Å². The Bertz CT molecular complexity index is 715. The number of rotatable bonds is 5. The number of anilines is 1. The molecule has 2 aliphatic rings. The highest BCUT2D eigenvalue weighted by Gasteiger charge is 2.37. The zero-order valence-electron chi connectivity index (χ0n) is 15.0. The smallest absolute Gasteiger partial charge is 0.171 e. The number of nitrogens with one attached hydrogen (secondary N) is 2. The molecule has 26 heavy (non-hydrogen) atoms. The molecule has 0 atom stereocenters. The first-order valence-corrected chi connectivity index (χ1v) is 10.9.